The van der Waals surface area contributed by atoms with Gasteiger partial charge in [0.15, 0.2) is 10.9 Å². The van der Waals surface area contributed by atoms with E-state index in [4.69, 9.17) is 21.9 Å². The van der Waals surface area contributed by atoms with Crippen molar-refractivity contribution in [3.8, 4) is 0 Å². The highest BCUT2D eigenvalue weighted by molar-refractivity contribution is 6.31. The average Bonchev–Trinajstić information content (AvgIpc) is 2.18. The van der Waals surface area contributed by atoms with Gasteiger partial charge in [-0.3, -0.25) is 0 Å². The van der Waals surface area contributed by atoms with Gasteiger partial charge in [-0.1, -0.05) is 30.6 Å². The lowest BCUT2D eigenvalue weighted by Gasteiger charge is -1.99. The van der Waals surface area contributed by atoms with Crippen molar-refractivity contribution in [3.63, 3.8) is 0 Å². The lowest BCUT2D eigenvalue weighted by molar-refractivity contribution is 0.370. The molecule has 0 unspecified atom stereocenters. The molecule has 0 radical (unpaired) electrons. The van der Waals surface area contributed by atoms with Crippen molar-refractivity contribution in [3.05, 3.63) is 10.9 Å². The molecule has 0 bridgehead atoms. The summed E-state index contributed by atoms with van der Waals surface area (Å²) in [6.07, 6.45) is 0.783. The Kier molecular flexibility index (Phi) is 2.39. The fourth-order valence-electron chi connectivity index (χ4n) is 0.827. The first-order valence-electron chi connectivity index (χ1n) is 3.50. The van der Waals surface area contributed by atoms with Crippen molar-refractivity contribution in [1.29, 1.82) is 0 Å². The molecule has 1 rings (SSSR count). The topological polar surface area (TPSA) is 52.0 Å². The minimum absolute atomic E-state index is 0.264. The zero-order valence-electron chi connectivity index (χ0n) is 6.60. The zero-order valence-corrected chi connectivity index (χ0v) is 7.35. The lowest BCUT2D eigenvalue weighted by Crippen LogP contribution is -1.96. The van der Waals surface area contributed by atoms with Crippen LogP contribution in [0.5, 0.6) is 0 Å². The molecule has 0 aliphatic heterocycles. The van der Waals surface area contributed by atoms with Gasteiger partial charge in [-0.2, -0.15) is 0 Å². The molecular weight excluding hydrogens is 164 g/mol. The van der Waals surface area contributed by atoms with E-state index in [1.807, 2.05) is 0 Å². The van der Waals surface area contributed by atoms with Crippen LogP contribution in [0.25, 0.3) is 0 Å². The molecule has 1 aromatic heterocycles. The second-order valence-electron chi connectivity index (χ2n) is 2.91. The van der Waals surface area contributed by atoms with Crippen molar-refractivity contribution >= 4 is 17.3 Å². The van der Waals surface area contributed by atoms with Gasteiger partial charge in [0.25, 0.3) is 0 Å². The van der Waals surface area contributed by atoms with E-state index < -0.39 is 0 Å². The number of nitrogens with two attached hydrogens (primary N) is 1. The zero-order chi connectivity index (χ0) is 8.43. The van der Waals surface area contributed by atoms with Crippen molar-refractivity contribution in [2.24, 2.45) is 5.92 Å². The Hall–Kier alpha value is -0.700. The molecule has 0 atom stereocenters. The summed E-state index contributed by atoms with van der Waals surface area (Å²) in [4.78, 5) is 0. The summed E-state index contributed by atoms with van der Waals surface area (Å²) in [5.41, 5.74) is 6.04. The van der Waals surface area contributed by atoms with Crippen molar-refractivity contribution in [1.82, 2.24) is 5.16 Å². The molecule has 0 aromatic carbocycles. The van der Waals surface area contributed by atoms with Gasteiger partial charge in [-0.25, -0.2) is 0 Å². The van der Waals surface area contributed by atoms with Gasteiger partial charge in [0.1, 0.15) is 5.69 Å². The predicted molar refractivity (Wildman–Crippen MR) is 44.5 cm³/mol. The summed E-state index contributed by atoms with van der Waals surface area (Å²) >= 11 is 5.58. The molecule has 11 heavy (non-hydrogen) atoms. The molecule has 0 aliphatic carbocycles. The Morgan fingerprint density at radius 2 is 2.27 bits per heavy atom. The number of hydrogen-bond acceptors (Lipinski definition) is 3. The summed E-state index contributed by atoms with van der Waals surface area (Å²) in [6, 6.07) is 0. The Balaban J connectivity index is 2.79. The van der Waals surface area contributed by atoms with Gasteiger partial charge in [0.05, 0.1) is 0 Å². The molecule has 1 aromatic rings. The minimum Gasteiger partial charge on any atom is -0.393 e. The van der Waals surface area contributed by atoms with E-state index in [1.54, 1.807) is 0 Å². The number of anilines is 1. The summed E-state index contributed by atoms with van der Waals surface area (Å²) in [5, 5.41) is 3.80. The molecule has 4 heteroatoms. The SMILES string of the molecule is CC(C)Cc1onc(Cl)c1N. The minimum atomic E-state index is 0.264. The van der Waals surface area contributed by atoms with Gasteiger partial charge in [0, 0.05) is 6.42 Å². The number of halogens is 1. The fraction of sp³-hybridized carbons (Fsp3) is 0.571. The van der Waals surface area contributed by atoms with Crippen LogP contribution in [-0.4, -0.2) is 5.16 Å². The third kappa shape index (κ3) is 1.87. The van der Waals surface area contributed by atoms with Crippen LogP contribution in [0, 0.1) is 5.92 Å². The summed E-state index contributed by atoms with van der Waals surface area (Å²) < 4.78 is 4.90. The standard InChI is InChI=1S/C7H11ClN2O/c1-4(2)3-5-6(9)7(8)10-11-5/h4H,3,9H2,1-2H3. The maximum atomic E-state index is 5.58. The van der Waals surface area contributed by atoms with Crippen LogP contribution in [0.1, 0.15) is 19.6 Å². The van der Waals surface area contributed by atoms with Gasteiger partial charge in [0.2, 0.25) is 0 Å². The van der Waals surface area contributed by atoms with Crippen molar-refractivity contribution < 1.29 is 4.52 Å². The molecule has 3 nitrogen and oxygen atoms in total. The predicted octanol–water partition coefficient (Wildman–Crippen LogP) is 2.11. The maximum absolute atomic E-state index is 5.58. The average molecular weight is 175 g/mol. The smallest absolute Gasteiger partial charge is 0.195 e. The van der Waals surface area contributed by atoms with Crippen molar-refractivity contribution in [2.45, 2.75) is 20.3 Å². The molecule has 0 spiro atoms. The van der Waals surface area contributed by atoms with Gasteiger partial charge in [-0.15, -0.1) is 0 Å². The first-order chi connectivity index (χ1) is 5.11. The van der Waals surface area contributed by atoms with Crippen LogP contribution in [-0.2, 0) is 6.42 Å². The Morgan fingerprint density at radius 3 is 2.64 bits per heavy atom. The van der Waals surface area contributed by atoms with E-state index in [9.17, 15) is 0 Å². The summed E-state index contributed by atoms with van der Waals surface area (Å²) in [5.74, 6) is 1.19. The first-order valence-corrected chi connectivity index (χ1v) is 3.88. The molecule has 1 heterocycles. The maximum Gasteiger partial charge on any atom is 0.195 e. The second kappa shape index (κ2) is 3.13. The van der Waals surface area contributed by atoms with Crippen molar-refractivity contribution in [2.75, 3.05) is 5.73 Å². The lowest BCUT2D eigenvalue weighted by atomic mass is 10.1. The Bertz CT molecular complexity index is 245. The molecular formula is C7H11ClN2O. The normalized spacial score (nSPS) is 10.9. The Morgan fingerprint density at radius 1 is 1.64 bits per heavy atom. The van der Waals surface area contributed by atoms with Crippen LogP contribution in [0.4, 0.5) is 5.69 Å². The fourth-order valence-corrected chi connectivity index (χ4v) is 0.966. The van der Waals surface area contributed by atoms with E-state index in [1.165, 1.54) is 0 Å². The highest BCUT2D eigenvalue weighted by atomic mass is 35.5. The number of nitrogen functional groups attached to an aromatic ring is 1. The van der Waals surface area contributed by atoms with Crippen LogP contribution < -0.4 is 5.73 Å². The summed E-state index contributed by atoms with van der Waals surface area (Å²) in [7, 11) is 0. The Labute approximate surface area is 70.5 Å². The number of hydrogen-bond donors (Lipinski definition) is 1. The van der Waals surface area contributed by atoms with Gasteiger partial charge >= 0.3 is 0 Å². The highest BCUT2D eigenvalue weighted by Gasteiger charge is 2.11. The molecule has 0 aliphatic rings. The molecule has 62 valence electrons. The van der Waals surface area contributed by atoms with E-state index in [-0.39, 0.29) is 5.15 Å². The number of nitrogens with zero attached hydrogens (tertiary/aromatic N) is 1. The molecule has 0 saturated heterocycles. The number of aromatic nitrogens is 1. The third-order valence-corrected chi connectivity index (χ3v) is 1.62. The van der Waals surface area contributed by atoms with Crippen LogP contribution in [0.15, 0.2) is 4.52 Å². The molecule has 0 amide bonds. The first kappa shape index (κ1) is 8.40. The third-order valence-electron chi connectivity index (χ3n) is 1.35. The van der Waals surface area contributed by atoms with E-state index in [0.717, 1.165) is 6.42 Å². The van der Waals surface area contributed by atoms with Crippen LogP contribution >= 0.6 is 11.6 Å². The van der Waals surface area contributed by atoms with Gasteiger partial charge in [-0.05, 0) is 5.92 Å². The molecule has 2 N–H and O–H groups in total. The van der Waals surface area contributed by atoms with E-state index in [2.05, 4.69) is 19.0 Å². The highest BCUT2D eigenvalue weighted by Crippen LogP contribution is 2.23. The quantitative estimate of drug-likeness (QED) is 0.747. The summed E-state index contributed by atoms with van der Waals surface area (Å²) in [6.45, 7) is 4.16. The van der Waals surface area contributed by atoms with E-state index >= 15 is 0 Å². The number of rotatable bonds is 2. The monoisotopic (exact) mass is 174 g/mol. The van der Waals surface area contributed by atoms with Crippen LogP contribution in [0.2, 0.25) is 5.15 Å². The van der Waals surface area contributed by atoms with E-state index in [0.29, 0.717) is 17.4 Å². The molecule has 0 saturated carbocycles. The molecule has 0 fully saturated rings. The second-order valence-corrected chi connectivity index (χ2v) is 3.27. The van der Waals surface area contributed by atoms with Gasteiger partial charge < -0.3 is 10.3 Å². The largest absolute Gasteiger partial charge is 0.393 e. The van der Waals surface area contributed by atoms with Crippen LogP contribution in [0.3, 0.4) is 0 Å².